The fourth-order valence-electron chi connectivity index (χ4n) is 1.67. The van der Waals surface area contributed by atoms with Gasteiger partial charge in [0.05, 0.1) is 6.54 Å². The molecular formula is C14H16N2O. The van der Waals surface area contributed by atoms with E-state index in [1.165, 1.54) is 12.8 Å². The number of nitrogens with one attached hydrogen (secondary N) is 1. The molecule has 0 aliphatic heterocycles. The first-order chi connectivity index (χ1) is 8.29. The molecule has 88 valence electrons. The summed E-state index contributed by atoms with van der Waals surface area (Å²) in [4.78, 5) is 13.7. The van der Waals surface area contributed by atoms with Gasteiger partial charge in [-0.1, -0.05) is 24.1 Å². The first-order valence-electron chi connectivity index (χ1n) is 5.84. The number of hydrogen-bond donors (Lipinski definition) is 1. The molecule has 0 bridgehead atoms. The summed E-state index contributed by atoms with van der Waals surface area (Å²) in [6.07, 6.45) is 7.70. The fraction of sp³-hybridized carbons (Fsp3) is 0.357. The number of urea groups is 1. The van der Waals surface area contributed by atoms with Gasteiger partial charge in [0.25, 0.3) is 0 Å². The third-order valence-corrected chi connectivity index (χ3v) is 2.77. The number of amides is 2. The lowest BCUT2D eigenvalue weighted by atomic mass is 10.3. The Morgan fingerprint density at radius 1 is 1.41 bits per heavy atom. The van der Waals surface area contributed by atoms with Crippen LogP contribution in [-0.4, -0.2) is 24.0 Å². The number of carbonyl (C=O) groups is 1. The molecule has 1 saturated carbocycles. The van der Waals surface area contributed by atoms with E-state index in [9.17, 15) is 4.79 Å². The highest BCUT2D eigenvalue weighted by Gasteiger charge is 2.26. The third-order valence-electron chi connectivity index (χ3n) is 2.77. The minimum absolute atomic E-state index is 0.110. The van der Waals surface area contributed by atoms with Crippen LogP contribution in [0.25, 0.3) is 0 Å². The highest BCUT2D eigenvalue weighted by Crippen LogP contribution is 2.29. The maximum atomic E-state index is 12.0. The Kier molecular flexibility index (Phi) is 3.66. The molecule has 0 atom stereocenters. The van der Waals surface area contributed by atoms with Gasteiger partial charge in [-0.25, -0.2) is 4.79 Å². The van der Waals surface area contributed by atoms with Crippen molar-refractivity contribution in [1.82, 2.24) is 4.90 Å². The van der Waals surface area contributed by atoms with E-state index in [1.807, 2.05) is 30.3 Å². The minimum Gasteiger partial charge on any atom is -0.313 e. The molecule has 1 N–H and O–H groups in total. The summed E-state index contributed by atoms with van der Waals surface area (Å²) in [5, 5.41) is 2.85. The molecule has 3 nitrogen and oxygen atoms in total. The van der Waals surface area contributed by atoms with Gasteiger partial charge >= 0.3 is 6.03 Å². The monoisotopic (exact) mass is 228 g/mol. The van der Waals surface area contributed by atoms with Crippen LogP contribution in [0.1, 0.15) is 12.8 Å². The Bertz CT molecular complexity index is 418. The molecule has 17 heavy (non-hydrogen) atoms. The number of benzene rings is 1. The van der Waals surface area contributed by atoms with E-state index < -0.39 is 0 Å². The van der Waals surface area contributed by atoms with Crippen LogP contribution in [0.2, 0.25) is 0 Å². The van der Waals surface area contributed by atoms with Crippen LogP contribution in [0, 0.1) is 18.3 Å². The summed E-state index contributed by atoms with van der Waals surface area (Å²) < 4.78 is 0. The van der Waals surface area contributed by atoms with E-state index in [1.54, 1.807) is 4.90 Å². The largest absolute Gasteiger partial charge is 0.322 e. The summed E-state index contributed by atoms with van der Waals surface area (Å²) in [6, 6.07) is 9.32. The van der Waals surface area contributed by atoms with E-state index in [0.29, 0.717) is 12.5 Å². The first kappa shape index (κ1) is 11.5. The van der Waals surface area contributed by atoms with Crippen molar-refractivity contribution >= 4 is 11.7 Å². The van der Waals surface area contributed by atoms with Crippen molar-refractivity contribution < 1.29 is 4.79 Å². The van der Waals surface area contributed by atoms with Crippen molar-refractivity contribution in [3.8, 4) is 12.3 Å². The zero-order valence-electron chi connectivity index (χ0n) is 9.73. The second kappa shape index (κ2) is 5.40. The van der Waals surface area contributed by atoms with Gasteiger partial charge in [-0.2, -0.15) is 0 Å². The molecule has 2 rings (SSSR count). The predicted octanol–water partition coefficient (Wildman–Crippen LogP) is 2.56. The molecule has 0 aromatic heterocycles. The standard InChI is InChI=1S/C14H16N2O/c1-2-10-16(11-12-8-9-12)14(17)15-13-6-4-3-5-7-13/h1,3-7,12H,8-11H2,(H,15,17). The predicted molar refractivity (Wildman–Crippen MR) is 68.6 cm³/mol. The van der Waals surface area contributed by atoms with Crippen molar-refractivity contribution in [2.75, 3.05) is 18.4 Å². The zero-order valence-corrected chi connectivity index (χ0v) is 9.73. The average molecular weight is 228 g/mol. The van der Waals surface area contributed by atoms with Crippen molar-refractivity contribution in [2.45, 2.75) is 12.8 Å². The average Bonchev–Trinajstić information content (AvgIpc) is 3.14. The molecular weight excluding hydrogens is 212 g/mol. The zero-order chi connectivity index (χ0) is 12.1. The number of carbonyl (C=O) groups excluding carboxylic acids is 1. The Labute approximate surface area is 102 Å². The number of nitrogens with zero attached hydrogens (tertiary/aromatic N) is 1. The normalized spacial score (nSPS) is 13.8. The SMILES string of the molecule is C#CCN(CC1CC1)C(=O)Nc1ccccc1. The van der Waals surface area contributed by atoms with Gasteiger partial charge in [0, 0.05) is 12.2 Å². The van der Waals surface area contributed by atoms with E-state index in [4.69, 9.17) is 6.42 Å². The summed E-state index contributed by atoms with van der Waals surface area (Å²) >= 11 is 0. The third kappa shape index (κ3) is 3.53. The van der Waals surface area contributed by atoms with Gasteiger partial charge in [0.2, 0.25) is 0 Å². The Hall–Kier alpha value is -1.95. The molecule has 0 heterocycles. The quantitative estimate of drug-likeness (QED) is 0.789. The summed E-state index contributed by atoms with van der Waals surface area (Å²) in [7, 11) is 0. The van der Waals surface area contributed by atoms with Gasteiger partial charge in [-0.05, 0) is 30.9 Å². The highest BCUT2D eigenvalue weighted by atomic mass is 16.2. The molecule has 0 radical (unpaired) electrons. The van der Waals surface area contributed by atoms with Crippen molar-refractivity contribution in [3.63, 3.8) is 0 Å². The van der Waals surface area contributed by atoms with Crippen LogP contribution in [-0.2, 0) is 0 Å². The van der Waals surface area contributed by atoms with Crippen molar-refractivity contribution in [2.24, 2.45) is 5.92 Å². The first-order valence-corrected chi connectivity index (χ1v) is 5.84. The van der Waals surface area contributed by atoms with Crippen LogP contribution in [0.15, 0.2) is 30.3 Å². The van der Waals surface area contributed by atoms with E-state index in [-0.39, 0.29) is 6.03 Å². The van der Waals surface area contributed by atoms with Gasteiger partial charge in [-0.15, -0.1) is 6.42 Å². The van der Waals surface area contributed by atoms with Crippen LogP contribution in [0.4, 0.5) is 10.5 Å². The molecule has 0 unspecified atom stereocenters. The van der Waals surface area contributed by atoms with Gasteiger partial charge in [0.15, 0.2) is 0 Å². The maximum Gasteiger partial charge on any atom is 0.322 e. The summed E-state index contributed by atoms with van der Waals surface area (Å²) in [6.45, 7) is 1.14. The summed E-state index contributed by atoms with van der Waals surface area (Å²) in [5.74, 6) is 3.18. The lowest BCUT2D eigenvalue weighted by Gasteiger charge is -2.20. The summed E-state index contributed by atoms with van der Waals surface area (Å²) in [5.41, 5.74) is 0.801. The Morgan fingerprint density at radius 3 is 2.71 bits per heavy atom. The molecule has 1 aromatic carbocycles. The molecule has 1 aromatic rings. The molecule has 1 fully saturated rings. The molecule has 1 aliphatic carbocycles. The van der Waals surface area contributed by atoms with Crippen LogP contribution >= 0.6 is 0 Å². The lowest BCUT2D eigenvalue weighted by molar-refractivity contribution is 0.216. The minimum atomic E-state index is -0.110. The molecule has 0 saturated heterocycles. The highest BCUT2D eigenvalue weighted by molar-refractivity contribution is 5.89. The topological polar surface area (TPSA) is 32.3 Å². The second-order valence-electron chi connectivity index (χ2n) is 4.32. The Balaban J connectivity index is 1.93. The van der Waals surface area contributed by atoms with Crippen molar-refractivity contribution in [3.05, 3.63) is 30.3 Å². The molecule has 3 heteroatoms. The number of rotatable bonds is 4. The number of hydrogen-bond acceptors (Lipinski definition) is 1. The van der Waals surface area contributed by atoms with E-state index in [2.05, 4.69) is 11.2 Å². The smallest absolute Gasteiger partial charge is 0.313 e. The van der Waals surface area contributed by atoms with Crippen molar-refractivity contribution in [1.29, 1.82) is 0 Å². The van der Waals surface area contributed by atoms with E-state index in [0.717, 1.165) is 12.2 Å². The van der Waals surface area contributed by atoms with E-state index >= 15 is 0 Å². The van der Waals surface area contributed by atoms with Gasteiger partial charge in [0.1, 0.15) is 0 Å². The van der Waals surface area contributed by atoms with Crippen LogP contribution in [0.5, 0.6) is 0 Å². The Morgan fingerprint density at radius 2 is 2.12 bits per heavy atom. The molecule has 2 amide bonds. The molecule has 0 spiro atoms. The second-order valence-corrected chi connectivity index (χ2v) is 4.32. The van der Waals surface area contributed by atoms with Gasteiger partial charge in [-0.3, -0.25) is 0 Å². The van der Waals surface area contributed by atoms with Crippen LogP contribution < -0.4 is 5.32 Å². The number of anilines is 1. The fourth-order valence-corrected chi connectivity index (χ4v) is 1.67. The van der Waals surface area contributed by atoms with Gasteiger partial charge < -0.3 is 10.2 Å². The molecule has 1 aliphatic rings. The van der Waals surface area contributed by atoms with Crippen LogP contribution in [0.3, 0.4) is 0 Å². The number of terminal acetylenes is 1. The maximum absolute atomic E-state index is 12.0. The number of para-hydroxylation sites is 1. The lowest BCUT2D eigenvalue weighted by Crippen LogP contribution is -2.36.